The van der Waals surface area contributed by atoms with Crippen molar-refractivity contribution in [2.45, 2.75) is 50.2 Å². The van der Waals surface area contributed by atoms with Crippen molar-refractivity contribution in [2.75, 3.05) is 36.1 Å². The molecule has 3 fully saturated rings. The molecule has 1 N–H and O–H groups in total. The van der Waals surface area contributed by atoms with Crippen molar-refractivity contribution in [1.82, 2.24) is 14.9 Å². The normalized spacial score (nSPS) is 23.5. The van der Waals surface area contributed by atoms with Gasteiger partial charge in [0.2, 0.25) is 0 Å². The van der Waals surface area contributed by atoms with E-state index in [1.165, 1.54) is 43.5 Å². The molecule has 3 aromatic rings. The third-order valence-corrected chi connectivity index (χ3v) is 8.00. The zero-order chi connectivity index (χ0) is 23.6. The second-order valence-corrected chi connectivity index (χ2v) is 10.1. The van der Waals surface area contributed by atoms with E-state index < -0.39 is 0 Å². The number of pyridine rings is 1. The number of hydrogen-bond donors (Lipinski definition) is 1. The van der Waals surface area contributed by atoms with E-state index in [1.54, 1.807) is 0 Å². The Hall–Kier alpha value is -2.90. The largest absolute Gasteiger partial charge is 0.378 e. The number of thiocarbonyl (C=S) groups is 1. The Labute approximate surface area is 212 Å². The van der Waals surface area contributed by atoms with E-state index in [1.807, 2.05) is 12.3 Å². The molecule has 7 heteroatoms. The van der Waals surface area contributed by atoms with Gasteiger partial charge < -0.3 is 24.4 Å². The number of morpholine rings is 1. The molecule has 35 heavy (non-hydrogen) atoms. The predicted octanol–water partition coefficient (Wildman–Crippen LogP) is 5.40. The van der Waals surface area contributed by atoms with Gasteiger partial charge in [0, 0.05) is 48.6 Å². The molecule has 0 radical (unpaired) electrons. The molecule has 2 aliphatic heterocycles. The van der Waals surface area contributed by atoms with Gasteiger partial charge in [0.15, 0.2) is 5.11 Å². The molecule has 182 valence electrons. The highest BCUT2D eigenvalue weighted by Crippen LogP contribution is 2.43. The van der Waals surface area contributed by atoms with Crippen LogP contribution in [0.4, 0.5) is 11.4 Å². The van der Waals surface area contributed by atoms with Gasteiger partial charge in [-0.3, -0.25) is 4.98 Å². The monoisotopic (exact) mass is 487 g/mol. The van der Waals surface area contributed by atoms with E-state index in [2.05, 4.69) is 74.4 Å². The number of aromatic nitrogens is 2. The van der Waals surface area contributed by atoms with Gasteiger partial charge in [0.25, 0.3) is 0 Å². The molecule has 0 amide bonds. The molecule has 1 saturated carbocycles. The summed E-state index contributed by atoms with van der Waals surface area (Å²) in [6, 6.07) is 20.0. The van der Waals surface area contributed by atoms with Gasteiger partial charge in [0.05, 0.1) is 24.9 Å². The average molecular weight is 488 g/mol. The van der Waals surface area contributed by atoms with Crippen molar-refractivity contribution in [1.29, 1.82) is 0 Å². The molecule has 2 aromatic heterocycles. The summed E-state index contributed by atoms with van der Waals surface area (Å²) in [4.78, 5) is 9.41. The first-order chi connectivity index (χ1) is 17.3. The van der Waals surface area contributed by atoms with Gasteiger partial charge in [-0.1, -0.05) is 25.3 Å². The van der Waals surface area contributed by atoms with E-state index in [0.29, 0.717) is 6.04 Å². The molecule has 2 saturated heterocycles. The fourth-order valence-corrected chi connectivity index (χ4v) is 6.27. The molecule has 0 spiro atoms. The van der Waals surface area contributed by atoms with Gasteiger partial charge in [-0.15, -0.1) is 0 Å². The van der Waals surface area contributed by atoms with Gasteiger partial charge in [-0.2, -0.15) is 0 Å². The molecule has 6 nitrogen and oxygen atoms in total. The van der Waals surface area contributed by atoms with Crippen molar-refractivity contribution in [2.24, 2.45) is 0 Å². The van der Waals surface area contributed by atoms with Gasteiger partial charge in [0.1, 0.15) is 6.04 Å². The summed E-state index contributed by atoms with van der Waals surface area (Å²) in [7, 11) is 0. The first-order valence-corrected chi connectivity index (χ1v) is 13.3. The van der Waals surface area contributed by atoms with Crippen LogP contribution in [-0.2, 0) is 4.74 Å². The van der Waals surface area contributed by atoms with E-state index in [0.717, 1.165) is 42.8 Å². The van der Waals surface area contributed by atoms with Crippen LogP contribution in [-0.4, -0.2) is 41.0 Å². The Balaban J connectivity index is 1.38. The summed E-state index contributed by atoms with van der Waals surface area (Å²) in [5.74, 6) is 0. The number of ether oxygens (including phenoxy) is 1. The first kappa shape index (κ1) is 22.6. The molecule has 0 bridgehead atoms. The zero-order valence-electron chi connectivity index (χ0n) is 20.1. The molecular weight excluding hydrogens is 454 g/mol. The lowest BCUT2D eigenvalue weighted by atomic mass is 9.94. The minimum Gasteiger partial charge on any atom is -0.378 e. The second-order valence-electron chi connectivity index (χ2n) is 9.74. The third-order valence-electron chi connectivity index (χ3n) is 7.69. The summed E-state index contributed by atoms with van der Waals surface area (Å²) in [6.07, 6.45) is 10.6. The van der Waals surface area contributed by atoms with Crippen LogP contribution >= 0.6 is 12.2 Å². The Morgan fingerprint density at radius 2 is 1.66 bits per heavy atom. The number of nitrogens with one attached hydrogen (secondary N) is 1. The van der Waals surface area contributed by atoms with Crippen molar-refractivity contribution < 1.29 is 4.74 Å². The van der Waals surface area contributed by atoms with E-state index in [4.69, 9.17) is 21.9 Å². The maximum atomic E-state index is 5.96. The number of anilines is 2. The second kappa shape index (κ2) is 9.99. The Bertz CT molecular complexity index is 1140. The molecule has 6 rings (SSSR count). The maximum absolute atomic E-state index is 5.96. The van der Waals surface area contributed by atoms with E-state index >= 15 is 0 Å². The standard InChI is InChI=1S/C28H33N5OS/c35-28-30-26(24-9-4-5-15-29-24)27(25-10-6-16-32(25)22-7-2-1-3-8-22)33(28)23-13-11-21(12-14-23)31-17-19-34-20-18-31/h4-6,9-16,22,26-27H,1-3,7-8,17-20H2,(H,30,35)/t26-,27-/m1/s1. The van der Waals surface area contributed by atoms with Crippen LogP contribution in [0.25, 0.3) is 0 Å². The smallest absolute Gasteiger partial charge is 0.174 e. The van der Waals surface area contributed by atoms with Gasteiger partial charge in [-0.25, -0.2) is 0 Å². The summed E-state index contributed by atoms with van der Waals surface area (Å²) in [5.41, 5.74) is 4.67. The SMILES string of the molecule is S=C1N[C@H](c2ccccn2)[C@@H](c2cccn2C2CCCCC2)N1c1ccc(N2CCOCC2)cc1. The van der Waals surface area contributed by atoms with Crippen molar-refractivity contribution in [3.63, 3.8) is 0 Å². The fourth-order valence-electron chi connectivity index (χ4n) is 5.93. The number of hydrogen-bond acceptors (Lipinski definition) is 4. The lowest BCUT2D eigenvalue weighted by molar-refractivity contribution is 0.122. The third kappa shape index (κ3) is 4.43. The average Bonchev–Trinajstić information content (AvgIpc) is 3.55. The van der Waals surface area contributed by atoms with Crippen LogP contribution < -0.4 is 15.1 Å². The molecule has 4 heterocycles. The summed E-state index contributed by atoms with van der Waals surface area (Å²) in [6.45, 7) is 3.44. The van der Waals surface area contributed by atoms with Crippen LogP contribution in [0.3, 0.4) is 0 Å². The molecule has 3 aliphatic rings. The van der Waals surface area contributed by atoms with Crippen LogP contribution in [0, 0.1) is 0 Å². The topological polar surface area (TPSA) is 45.6 Å². The number of benzene rings is 1. The summed E-state index contributed by atoms with van der Waals surface area (Å²) in [5, 5.41) is 4.37. The highest BCUT2D eigenvalue weighted by molar-refractivity contribution is 7.80. The summed E-state index contributed by atoms with van der Waals surface area (Å²) >= 11 is 5.96. The Morgan fingerprint density at radius 3 is 2.40 bits per heavy atom. The number of nitrogens with zero attached hydrogens (tertiary/aromatic N) is 4. The van der Waals surface area contributed by atoms with Crippen molar-refractivity contribution in [3.05, 3.63) is 78.4 Å². The summed E-state index contributed by atoms with van der Waals surface area (Å²) < 4.78 is 8.05. The van der Waals surface area contributed by atoms with Crippen LogP contribution in [0.15, 0.2) is 67.0 Å². The van der Waals surface area contributed by atoms with E-state index in [9.17, 15) is 0 Å². The molecule has 2 atom stereocenters. The predicted molar refractivity (Wildman–Crippen MR) is 144 cm³/mol. The van der Waals surface area contributed by atoms with E-state index in [-0.39, 0.29) is 12.1 Å². The number of rotatable bonds is 5. The lowest BCUT2D eigenvalue weighted by Gasteiger charge is -2.33. The molecular formula is C28H33N5OS. The quantitative estimate of drug-likeness (QED) is 0.486. The van der Waals surface area contributed by atoms with Gasteiger partial charge in [-0.05, 0) is 73.6 Å². The highest BCUT2D eigenvalue weighted by Gasteiger charge is 2.42. The minimum atomic E-state index is -0.0140. The Kier molecular flexibility index (Phi) is 6.44. The van der Waals surface area contributed by atoms with Crippen molar-refractivity contribution in [3.8, 4) is 0 Å². The van der Waals surface area contributed by atoms with Gasteiger partial charge >= 0.3 is 0 Å². The molecule has 1 aromatic carbocycles. The minimum absolute atomic E-state index is 0.0140. The van der Waals surface area contributed by atoms with Crippen LogP contribution in [0.5, 0.6) is 0 Å². The van der Waals surface area contributed by atoms with Crippen LogP contribution in [0.2, 0.25) is 0 Å². The fraction of sp³-hybridized carbons (Fsp3) is 0.429. The molecule has 1 aliphatic carbocycles. The lowest BCUT2D eigenvalue weighted by Crippen LogP contribution is -2.36. The highest BCUT2D eigenvalue weighted by atomic mass is 32.1. The molecule has 0 unspecified atom stereocenters. The Morgan fingerprint density at radius 1 is 0.886 bits per heavy atom. The van der Waals surface area contributed by atoms with Crippen LogP contribution in [0.1, 0.15) is 61.6 Å². The van der Waals surface area contributed by atoms with Crippen molar-refractivity contribution >= 4 is 28.7 Å². The first-order valence-electron chi connectivity index (χ1n) is 12.9. The maximum Gasteiger partial charge on any atom is 0.174 e. The zero-order valence-corrected chi connectivity index (χ0v) is 20.9.